The highest BCUT2D eigenvalue weighted by Gasteiger charge is 2.35. The average molecular weight is 406 g/mol. The lowest BCUT2D eigenvalue weighted by molar-refractivity contribution is -0.122. The van der Waals surface area contributed by atoms with Crippen LogP contribution in [0.5, 0.6) is 5.75 Å². The molecule has 30 heavy (non-hydrogen) atoms. The van der Waals surface area contributed by atoms with Crippen LogP contribution in [0.15, 0.2) is 42.7 Å². The second kappa shape index (κ2) is 7.94. The number of hydrogen-bond donors (Lipinski definition) is 1. The maximum Gasteiger partial charge on any atom is 0.250 e. The van der Waals surface area contributed by atoms with Crippen LogP contribution in [0.4, 0.5) is 11.4 Å². The summed E-state index contributed by atoms with van der Waals surface area (Å²) in [6.45, 7) is 4.13. The summed E-state index contributed by atoms with van der Waals surface area (Å²) < 4.78 is 6.86. The Balaban J connectivity index is 1.43. The summed E-state index contributed by atoms with van der Waals surface area (Å²) in [6, 6.07) is 9.17. The van der Waals surface area contributed by atoms with Gasteiger partial charge in [-0.15, -0.1) is 0 Å². The van der Waals surface area contributed by atoms with Crippen LogP contribution in [0.2, 0.25) is 0 Å². The fraction of sp³-hybridized carbons (Fsp3) is 0.286. The second-order valence-corrected chi connectivity index (χ2v) is 7.21. The van der Waals surface area contributed by atoms with Crippen LogP contribution in [-0.2, 0) is 9.59 Å². The molecular weight excluding hydrogens is 384 g/mol. The Morgan fingerprint density at radius 1 is 1.20 bits per heavy atom. The molecule has 3 heterocycles. The van der Waals surface area contributed by atoms with Crippen molar-refractivity contribution in [1.82, 2.24) is 19.7 Å². The highest BCUT2D eigenvalue weighted by Crippen LogP contribution is 2.28. The molecule has 1 unspecified atom stereocenters. The van der Waals surface area contributed by atoms with E-state index in [4.69, 9.17) is 4.74 Å². The number of benzene rings is 1. The third kappa shape index (κ3) is 3.86. The van der Waals surface area contributed by atoms with E-state index in [2.05, 4.69) is 20.4 Å². The van der Waals surface area contributed by atoms with Crippen molar-refractivity contribution in [3.05, 3.63) is 54.1 Å². The van der Waals surface area contributed by atoms with Crippen LogP contribution >= 0.6 is 0 Å². The number of anilines is 2. The number of amides is 2. The van der Waals surface area contributed by atoms with E-state index in [9.17, 15) is 9.59 Å². The largest absolute Gasteiger partial charge is 0.497 e. The predicted molar refractivity (Wildman–Crippen MR) is 111 cm³/mol. The predicted octanol–water partition coefficient (Wildman–Crippen LogP) is 2.28. The van der Waals surface area contributed by atoms with Gasteiger partial charge in [-0.2, -0.15) is 5.10 Å². The summed E-state index contributed by atoms with van der Waals surface area (Å²) in [5.41, 5.74) is 2.98. The minimum absolute atomic E-state index is 0.0977. The zero-order valence-electron chi connectivity index (χ0n) is 17.0. The molecule has 9 heteroatoms. The van der Waals surface area contributed by atoms with Crippen molar-refractivity contribution >= 4 is 23.2 Å². The molecule has 1 aromatic carbocycles. The van der Waals surface area contributed by atoms with Crippen molar-refractivity contribution in [3.63, 3.8) is 0 Å². The zero-order chi connectivity index (χ0) is 21.3. The quantitative estimate of drug-likeness (QED) is 0.697. The van der Waals surface area contributed by atoms with Gasteiger partial charge in [-0.1, -0.05) is 6.07 Å². The zero-order valence-corrected chi connectivity index (χ0v) is 17.0. The van der Waals surface area contributed by atoms with Crippen LogP contribution in [0, 0.1) is 19.8 Å². The van der Waals surface area contributed by atoms with Gasteiger partial charge >= 0.3 is 0 Å². The number of aromatic nitrogens is 4. The molecular formula is C21H22N6O3. The SMILES string of the molecule is COc1cccc(N2CC(C(=O)Nc3cnc(-n4nc(C)cc4C)nc3)CC2=O)c1. The first-order valence-electron chi connectivity index (χ1n) is 9.55. The van der Waals surface area contributed by atoms with Gasteiger partial charge in [0.2, 0.25) is 11.8 Å². The Morgan fingerprint density at radius 3 is 2.63 bits per heavy atom. The molecule has 0 saturated carbocycles. The Morgan fingerprint density at radius 2 is 1.97 bits per heavy atom. The van der Waals surface area contributed by atoms with E-state index in [0.29, 0.717) is 29.6 Å². The van der Waals surface area contributed by atoms with E-state index in [0.717, 1.165) is 11.4 Å². The van der Waals surface area contributed by atoms with Gasteiger partial charge in [0.15, 0.2) is 0 Å². The summed E-state index contributed by atoms with van der Waals surface area (Å²) in [6.07, 6.45) is 3.22. The first kappa shape index (κ1) is 19.6. The topological polar surface area (TPSA) is 102 Å². The highest BCUT2D eigenvalue weighted by atomic mass is 16.5. The first-order chi connectivity index (χ1) is 14.4. The van der Waals surface area contributed by atoms with Gasteiger partial charge in [-0.3, -0.25) is 9.59 Å². The summed E-state index contributed by atoms with van der Waals surface area (Å²) in [5, 5.41) is 7.14. The molecule has 2 amide bonds. The summed E-state index contributed by atoms with van der Waals surface area (Å²) in [5.74, 6) is 0.294. The summed E-state index contributed by atoms with van der Waals surface area (Å²) in [4.78, 5) is 35.3. The molecule has 1 N–H and O–H groups in total. The molecule has 154 valence electrons. The van der Waals surface area contributed by atoms with Gasteiger partial charge in [0, 0.05) is 30.4 Å². The molecule has 1 saturated heterocycles. The monoisotopic (exact) mass is 406 g/mol. The first-order valence-corrected chi connectivity index (χ1v) is 9.55. The van der Waals surface area contributed by atoms with E-state index in [1.165, 1.54) is 12.4 Å². The third-order valence-corrected chi connectivity index (χ3v) is 4.97. The minimum Gasteiger partial charge on any atom is -0.497 e. The van der Waals surface area contributed by atoms with E-state index in [1.54, 1.807) is 22.8 Å². The van der Waals surface area contributed by atoms with E-state index in [-0.39, 0.29) is 18.2 Å². The van der Waals surface area contributed by atoms with Crippen molar-refractivity contribution in [1.29, 1.82) is 0 Å². The Bertz CT molecular complexity index is 1090. The van der Waals surface area contributed by atoms with Crippen LogP contribution in [0.3, 0.4) is 0 Å². The fourth-order valence-corrected chi connectivity index (χ4v) is 3.48. The van der Waals surface area contributed by atoms with Gasteiger partial charge in [0.1, 0.15) is 5.75 Å². The minimum atomic E-state index is -0.459. The number of aryl methyl sites for hydroxylation is 2. The average Bonchev–Trinajstić information content (AvgIpc) is 3.30. The number of nitrogens with zero attached hydrogens (tertiary/aromatic N) is 5. The molecule has 1 aliphatic heterocycles. The molecule has 9 nitrogen and oxygen atoms in total. The molecule has 0 radical (unpaired) electrons. The molecule has 1 aliphatic rings. The van der Waals surface area contributed by atoms with Gasteiger partial charge in [-0.05, 0) is 32.0 Å². The molecule has 0 spiro atoms. The second-order valence-electron chi connectivity index (χ2n) is 7.21. The maximum absolute atomic E-state index is 12.7. The molecule has 0 aliphatic carbocycles. The van der Waals surface area contributed by atoms with Crippen LogP contribution < -0.4 is 15.0 Å². The number of hydrogen-bond acceptors (Lipinski definition) is 6. The lowest BCUT2D eigenvalue weighted by Gasteiger charge is -2.17. The lowest BCUT2D eigenvalue weighted by atomic mass is 10.1. The maximum atomic E-state index is 12.7. The van der Waals surface area contributed by atoms with Gasteiger partial charge in [0.25, 0.3) is 5.95 Å². The summed E-state index contributed by atoms with van der Waals surface area (Å²) in [7, 11) is 1.57. The van der Waals surface area contributed by atoms with Crippen molar-refractivity contribution in [2.75, 3.05) is 23.9 Å². The normalized spacial score (nSPS) is 16.0. The van der Waals surface area contributed by atoms with Crippen molar-refractivity contribution < 1.29 is 14.3 Å². The van der Waals surface area contributed by atoms with Crippen molar-refractivity contribution in [3.8, 4) is 11.7 Å². The Kier molecular flexibility index (Phi) is 5.18. The Labute approximate surface area is 173 Å². The molecule has 1 atom stereocenters. The number of nitrogens with one attached hydrogen (secondary N) is 1. The Hall–Kier alpha value is -3.75. The highest BCUT2D eigenvalue weighted by molar-refractivity contribution is 6.03. The van der Waals surface area contributed by atoms with Gasteiger partial charge < -0.3 is 15.0 Å². The van der Waals surface area contributed by atoms with Crippen LogP contribution in [-0.4, -0.2) is 45.2 Å². The van der Waals surface area contributed by atoms with Crippen molar-refractivity contribution in [2.45, 2.75) is 20.3 Å². The summed E-state index contributed by atoms with van der Waals surface area (Å²) >= 11 is 0. The molecule has 1 fully saturated rings. The molecule has 0 bridgehead atoms. The van der Waals surface area contributed by atoms with E-state index in [1.807, 2.05) is 38.1 Å². The molecule has 3 aromatic rings. The molecule has 4 rings (SSSR count). The van der Waals surface area contributed by atoms with E-state index < -0.39 is 5.92 Å². The fourth-order valence-electron chi connectivity index (χ4n) is 3.48. The number of methoxy groups -OCH3 is 1. The van der Waals surface area contributed by atoms with Crippen LogP contribution in [0.25, 0.3) is 5.95 Å². The number of carbonyl (C=O) groups is 2. The van der Waals surface area contributed by atoms with Crippen molar-refractivity contribution in [2.24, 2.45) is 5.92 Å². The van der Waals surface area contributed by atoms with Crippen LogP contribution in [0.1, 0.15) is 17.8 Å². The third-order valence-electron chi connectivity index (χ3n) is 4.97. The lowest BCUT2D eigenvalue weighted by Crippen LogP contribution is -2.28. The van der Waals surface area contributed by atoms with E-state index >= 15 is 0 Å². The number of carbonyl (C=O) groups excluding carboxylic acids is 2. The number of rotatable bonds is 5. The standard InChI is InChI=1S/C21H22N6O3/c1-13-7-14(2)27(25-13)21-22-10-16(11-23-21)24-20(29)15-8-19(28)26(12-15)17-5-4-6-18(9-17)30-3/h4-7,9-11,15H,8,12H2,1-3H3,(H,24,29). The molecule has 2 aromatic heterocycles. The van der Waals surface area contributed by atoms with Gasteiger partial charge in [0.05, 0.1) is 36.8 Å². The number of ether oxygens (including phenoxy) is 1. The van der Waals surface area contributed by atoms with Gasteiger partial charge in [-0.25, -0.2) is 14.6 Å². The smallest absolute Gasteiger partial charge is 0.250 e.